The number of aliphatic hydroxyl groups excluding tert-OH is 1. The summed E-state index contributed by atoms with van der Waals surface area (Å²) in [5, 5.41) is 11.7. The molecule has 2 rings (SSSR count). The van der Waals surface area contributed by atoms with E-state index in [9.17, 15) is 9.59 Å². The van der Waals surface area contributed by atoms with Gasteiger partial charge in [-0.3, -0.25) is 9.59 Å². The Labute approximate surface area is 119 Å². The molecule has 19 heavy (non-hydrogen) atoms. The molecule has 2 amide bonds. The molecule has 1 saturated heterocycles. The number of benzene rings is 1. The molecule has 0 spiro atoms. The minimum Gasteiger partial charge on any atom is -0.394 e. The molecule has 1 aromatic rings. The summed E-state index contributed by atoms with van der Waals surface area (Å²) in [5.74, 6) is -1.25. The summed E-state index contributed by atoms with van der Waals surface area (Å²) in [6.07, 6.45) is 1.56. The van der Waals surface area contributed by atoms with Crippen molar-refractivity contribution in [3.8, 4) is 0 Å². The summed E-state index contributed by atoms with van der Waals surface area (Å²) >= 11 is 3.30. The molecule has 1 fully saturated rings. The monoisotopic (exact) mass is 326 g/mol. The second-order valence-electron chi connectivity index (χ2n) is 4.44. The van der Waals surface area contributed by atoms with Crippen LogP contribution in [0, 0.1) is 0 Å². The highest BCUT2D eigenvalue weighted by Gasteiger charge is 2.31. The molecule has 0 saturated carbocycles. The summed E-state index contributed by atoms with van der Waals surface area (Å²) in [7, 11) is 0. The number of carbonyl (C=O) groups is 2. The number of likely N-dealkylation sites (tertiary alicyclic amines) is 1. The number of nitrogens with zero attached hydrogens (tertiary/aromatic N) is 1. The Kier molecular flexibility index (Phi) is 4.55. The Balaban J connectivity index is 2.01. The van der Waals surface area contributed by atoms with Crippen LogP contribution in [-0.4, -0.2) is 41.0 Å². The van der Waals surface area contributed by atoms with E-state index in [0.717, 1.165) is 17.3 Å². The molecule has 2 N–H and O–H groups in total. The fraction of sp³-hybridized carbons (Fsp3) is 0.385. The zero-order valence-electron chi connectivity index (χ0n) is 10.3. The van der Waals surface area contributed by atoms with Crippen LogP contribution in [0.2, 0.25) is 0 Å². The Morgan fingerprint density at radius 1 is 1.47 bits per heavy atom. The van der Waals surface area contributed by atoms with E-state index < -0.39 is 11.8 Å². The number of carbonyl (C=O) groups excluding carboxylic acids is 2. The highest BCUT2D eigenvalue weighted by Crippen LogP contribution is 2.18. The van der Waals surface area contributed by atoms with Crippen LogP contribution < -0.4 is 5.32 Å². The van der Waals surface area contributed by atoms with Crippen molar-refractivity contribution in [2.75, 3.05) is 18.5 Å². The van der Waals surface area contributed by atoms with E-state index in [1.807, 2.05) is 6.07 Å². The largest absolute Gasteiger partial charge is 0.394 e. The van der Waals surface area contributed by atoms with Crippen molar-refractivity contribution < 1.29 is 14.7 Å². The third kappa shape index (κ3) is 3.33. The van der Waals surface area contributed by atoms with Crippen LogP contribution in [0.25, 0.3) is 0 Å². The van der Waals surface area contributed by atoms with E-state index in [1.54, 1.807) is 18.2 Å². The van der Waals surface area contributed by atoms with Gasteiger partial charge in [-0.05, 0) is 31.0 Å². The van der Waals surface area contributed by atoms with Crippen LogP contribution in [0.3, 0.4) is 0 Å². The molecule has 1 aliphatic rings. The van der Waals surface area contributed by atoms with Gasteiger partial charge in [0.2, 0.25) is 0 Å². The van der Waals surface area contributed by atoms with Gasteiger partial charge in [-0.1, -0.05) is 22.0 Å². The zero-order valence-corrected chi connectivity index (χ0v) is 11.9. The van der Waals surface area contributed by atoms with E-state index in [1.165, 1.54) is 4.90 Å². The molecule has 1 aromatic carbocycles. The van der Waals surface area contributed by atoms with Gasteiger partial charge in [0.15, 0.2) is 0 Å². The average molecular weight is 327 g/mol. The third-order valence-electron chi connectivity index (χ3n) is 3.13. The van der Waals surface area contributed by atoms with Crippen molar-refractivity contribution in [3.63, 3.8) is 0 Å². The molecule has 1 heterocycles. The molecular weight excluding hydrogens is 312 g/mol. The van der Waals surface area contributed by atoms with Crippen molar-refractivity contribution in [1.29, 1.82) is 0 Å². The van der Waals surface area contributed by atoms with Gasteiger partial charge in [-0.15, -0.1) is 0 Å². The van der Waals surface area contributed by atoms with Crippen LogP contribution >= 0.6 is 15.9 Å². The fourth-order valence-corrected chi connectivity index (χ4v) is 2.57. The Bertz CT molecular complexity index is 493. The molecule has 0 aromatic heterocycles. The van der Waals surface area contributed by atoms with Crippen molar-refractivity contribution in [3.05, 3.63) is 28.7 Å². The predicted molar refractivity (Wildman–Crippen MR) is 74.6 cm³/mol. The van der Waals surface area contributed by atoms with Gasteiger partial charge in [0.25, 0.3) is 0 Å². The SMILES string of the molecule is O=C(Nc1cccc(Br)c1)C(=O)N1CCCC1CO. The van der Waals surface area contributed by atoms with Crippen LogP contribution in [0.15, 0.2) is 28.7 Å². The molecule has 1 aliphatic heterocycles. The number of hydrogen-bond acceptors (Lipinski definition) is 3. The van der Waals surface area contributed by atoms with Gasteiger partial charge >= 0.3 is 11.8 Å². The highest BCUT2D eigenvalue weighted by atomic mass is 79.9. The van der Waals surface area contributed by atoms with Gasteiger partial charge in [0.05, 0.1) is 12.6 Å². The lowest BCUT2D eigenvalue weighted by Crippen LogP contribution is -2.43. The summed E-state index contributed by atoms with van der Waals surface area (Å²) in [6.45, 7) is 0.422. The first-order valence-corrected chi connectivity index (χ1v) is 6.89. The summed E-state index contributed by atoms with van der Waals surface area (Å²) in [6, 6.07) is 6.80. The molecule has 0 radical (unpaired) electrons. The van der Waals surface area contributed by atoms with Crippen molar-refractivity contribution in [2.24, 2.45) is 0 Å². The van der Waals surface area contributed by atoms with Crippen LogP contribution in [0.1, 0.15) is 12.8 Å². The molecule has 0 aliphatic carbocycles. The Hall–Kier alpha value is -1.40. The smallest absolute Gasteiger partial charge is 0.313 e. The minimum absolute atomic E-state index is 0.101. The Morgan fingerprint density at radius 2 is 2.26 bits per heavy atom. The van der Waals surface area contributed by atoms with Crippen molar-refractivity contribution >= 4 is 33.4 Å². The molecule has 102 valence electrons. The maximum Gasteiger partial charge on any atom is 0.313 e. The molecule has 1 unspecified atom stereocenters. The lowest BCUT2D eigenvalue weighted by molar-refractivity contribution is -0.144. The Morgan fingerprint density at radius 3 is 2.95 bits per heavy atom. The first kappa shape index (κ1) is 14.0. The second-order valence-corrected chi connectivity index (χ2v) is 5.36. The van der Waals surface area contributed by atoms with E-state index in [-0.39, 0.29) is 12.6 Å². The third-order valence-corrected chi connectivity index (χ3v) is 3.62. The number of nitrogens with one attached hydrogen (secondary N) is 1. The molecule has 5 nitrogen and oxygen atoms in total. The van der Waals surface area contributed by atoms with Crippen molar-refractivity contribution in [2.45, 2.75) is 18.9 Å². The first-order valence-electron chi connectivity index (χ1n) is 6.10. The number of rotatable bonds is 2. The second kappa shape index (κ2) is 6.16. The number of halogens is 1. The van der Waals surface area contributed by atoms with E-state index in [0.29, 0.717) is 12.2 Å². The van der Waals surface area contributed by atoms with Gasteiger partial charge in [0, 0.05) is 16.7 Å². The van der Waals surface area contributed by atoms with Crippen molar-refractivity contribution in [1.82, 2.24) is 4.90 Å². The molecular formula is C13H15BrN2O3. The van der Waals surface area contributed by atoms with Gasteiger partial charge in [-0.25, -0.2) is 0 Å². The first-order chi connectivity index (χ1) is 9.11. The topological polar surface area (TPSA) is 69.6 Å². The number of amides is 2. The average Bonchev–Trinajstić information content (AvgIpc) is 2.86. The maximum absolute atomic E-state index is 12.0. The minimum atomic E-state index is -0.668. The predicted octanol–water partition coefficient (Wildman–Crippen LogP) is 1.37. The molecule has 0 bridgehead atoms. The summed E-state index contributed by atoms with van der Waals surface area (Å²) < 4.78 is 0.826. The zero-order chi connectivity index (χ0) is 13.8. The standard InChI is InChI=1S/C13H15BrN2O3/c14-9-3-1-4-10(7-9)15-12(18)13(19)16-6-2-5-11(16)8-17/h1,3-4,7,11,17H,2,5-6,8H2,(H,15,18). The lowest BCUT2D eigenvalue weighted by Gasteiger charge is -2.22. The highest BCUT2D eigenvalue weighted by molar-refractivity contribution is 9.10. The maximum atomic E-state index is 12.0. The quantitative estimate of drug-likeness (QED) is 0.806. The normalized spacial score (nSPS) is 18.4. The molecule has 6 heteroatoms. The van der Waals surface area contributed by atoms with Gasteiger partial charge in [-0.2, -0.15) is 0 Å². The number of hydrogen-bond donors (Lipinski definition) is 2. The van der Waals surface area contributed by atoms with Crippen LogP contribution in [0.5, 0.6) is 0 Å². The van der Waals surface area contributed by atoms with Crippen LogP contribution in [-0.2, 0) is 9.59 Å². The number of aliphatic hydroxyl groups is 1. The fourth-order valence-electron chi connectivity index (χ4n) is 2.17. The number of anilines is 1. The summed E-state index contributed by atoms with van der Waals surface area (Å²) in [5.41, 5.74) is 0.562. The van der Waals surface area contributed by atoms with Gasteiger partial charge in [0.1, 0.15) is 0 Å². The van der Waals surface area contributed by atoms with Gasteiger partial charge < -0.3 is 15.3 Å². The molecule has 1 atom stereocenters. The van der Waals surface area contributed by atoms with E-state index >= 15 is 0 Å². The van der Waals surface area contributed by atoms with Crippen LogP contribution in [0.4, 0.5) is 5.69 Å². The van der Waals surface area contributed by atoms with E-state index in [4.69, 9.17) is 5.11 Å². The summed E-state index contributed by atoms with van der Waals surface area (Å²) in [4.78, 5) is 25.3. The van der Waals surface area contributed by atoms with E-state index in [2.05, 4.69) is 21.2 Å². The lowest BCUT2D eigenvalue weighted by atomic mass is 10.2.